The molecule has 0 unspecified atom stereocenters. The number of carboxylic acid groups (broad SMARTS) is 1. The second-order valence-electron chi connectivity index (χ2n) is 3.92. The predicted molar refractivity (Wildman–Crippen MR) is 55.2 cm³/mol. The molecule has 0 amide bonds. The summed E-state index contributed by atoms with van der Waals surface area (Å²) in [6.07, 6.45) is 3.10. The highest BCUT2D eigenvalue weighted by molar-refractivity contribution is 5.77. The molecule has 5 nitrogen and oxygen atoms in total. The summed E-state index contributed by atoms with van der Waals surface area (Å²) in [7, 11) is 1.76. The number of carboxylic acids is 1. The van der Waals surface area contributed by atoms with E-state index >= 15 is 0 Å². The van der Waals surface area contributed by atoms with Crippen molar-refractivity contribution in [1.82, 2.24) is 14.9 Å². The van der Waals surface area contributed by atoms with E-state index in [0.717, 1.165) is 5.69 Å². The van der Waals surface area contributed by atoms with Gasteiger partial charge >= 0.3 is 5.97 Å². The largest absolute Gasteiger partial charge is 0.480 e. The van der Waals surface area contributed by atoms with Crippen LogP contribution in [-0.4, -0.2) is 38.5 Å². The third-order valence-corrected chi connectivity index (χ3v) is 2.52. The topological polar surface area (TPSA) is 66.3 Å². The number of aliphatic carboxylic acids is 1. The summed E-state index contributed by atoms with van der Waals surface area (Å²) in [6, 6.07) is 1.77. The van der Waals surface area contributed by atoms with Crippen LogP contribution in [0.3, 0.4) is 0 Å². The fourth-order valence-electron chi connectivity index (χ4n) is 1.02. The summed E-state index contributed by atoms with van der Waals surface area (Å²) >= 11 is 0. The van der Waals surface area contributed by atoms with Gasteiger partial charge in [0.2, 0.25) is 0 Å². The Labute approximate surface area is 88.8 Å². The van der Waals surface area contributed by atoms with E-state index in [1.807, 2.05) is 0 Å². The number of likely N-dealkylation sites (N-methyl/N-ethyl adjacent to an activating group) is 1. The number of aromatic nitrogens is 2. The lowest BCUT2D eigenvalue weighted by molar-refractivity contribution is -0.148. The van der Waals surface area contributed by atoms with Gasteiger partial charge in [0.25, 0.3) is 0 Å². The zero-order chi connectivity index (χ0) is 11.5. The van der Waals surface area contributed by atoms with E-state index in [9.17, 15) is 4.79 Å². The van der Waals surface area contributed by atoms with E-state index in [1.54, 1.807) is 38.1 Å². The molecule has 0 aliphatic carbocycles. The summed E-state index contributed by atoms with van der Waals surface area (Å²) in [5.74, 6) is -0.848. The number of carbonyl (C=O) groups is 1. The van der Waals surface area contributed by atoms with Crippen LogP contribution in [0.4, 0.5) is 0 Å². The molecule has 0 saturated heterocycles. The number of hydrogen-bond donors (Lipinski definition) is 1. The lowest BCUT2D eigenvalue weighted by atomic mass is 10.0. The Bertz CT molecular complexity index is 338. The van der Waals surface area contributed by atoms with Crippen LogP contribution >= 0.6 is 0 Å². The Hall–Kier alpha value is -1.49. The highest BCUT2D eigenvalue weighted by atomic mass is 16.4. The number of nitrogens with zero attached hydrogens (tertiary/aromatic N) is 3. The number of rotatable bonds is 4. The first kappa shape index (κ1) is 11.6. The van der Waals surface area contributed by atoms with Crippen molar-refractivity contribution in [2.45, 2.75) is 25.9 Å². The molecule has 15 heavy (non-hydrogen) atoms. The van der Waals surface area contributed by atoms with Gasteiger partial charge in [-0.05, 0) is 27.0 Å². The molecule has 1 heterocycles. The monoisotopic (exact) mass is 209 g/mol. The third kappa shape index (κ3) is 2.73. The molecule has 0 radical (unpaired) electrons. The second kappa shape index (κ2) is 4.35. The first-order chi connectivity index (χ1) is 6.94. The van der Waals surface area contributed by atoms with Crippen molar-refractivity contribution in [1.29, 1.82) is 0 Å². The zero-order valence-electron chi connectivity index (χ0n) is 9.14. The smallest absolute Gasteiger partial charge is 0.323 e. The molecule has 1 N–H and O–H groups in total. The van der Waals surface area contributed by atoms with E-state index in [4.69, 9.17) is 5.11 Å². The van der Waals surface area contributed by atoms with Crippen LogP contribution in [0.1, 0.15) is 19.5 Å². The highest BCUT2D eigenvalue weighted by Gasteiger charge is 2.31. The Morgan fingerprint density at radius 3 is 2.73 bits per heavy atom. The van der Waals surface area contributed by atoms with Gasteiger partial charge in [-0.1, -0.05) is 0 Å². The van der Waals surface area contributed by atoms with Gasteiger partial charge in [-0.25, -0.2) is 9.97 Å². The molecule has 5 heteroatoms. The molecule has 1 aromatic heterocycles. The Morgan fingerprint density at radius 1 is 1.60 bits per heavy atom. The average Bonchev–Trinajstić information content (AvgIpc) is 2.18. The van der Waals surface area contributed by atoms with Crippen LogP contribution in [0.5, 0.6) is 0 Å². The molecule has 0 aliphatic rings. The molecule has 1 rings (SSSR count). The van der Waals surface area contributed by atoms with Gasteiger partial charge in [-0.3, -0.25) is 9.69 Å². The fraction of sp³-hybridized carbons (Fsp3) is 0.500. The van der Waals surface area contributed by atoms with Gasteiger partial charge in [-0.2, -0.15) is 0 Å². The van der Waals surface area contributed by atoms with E-state index in [0.29, 0.717) is 6.54 Å². The minimum atomic E-state index is -0.898. The molecule has 0 spiro atoms. The zero-order valence-corrected chi connectivity index (χ0v) is 9.14. The molecule has 0 saturated carbocycles. The molecular weight excluding hydrogens is 194 g/mol. The Balaban J connectivity index is 2.72. The molecule has 0 aromatic carbocycles. The van der Waals surface area contributed by atoms with Gasteiger partial charge in [0.15, 0.2) is 0 Å². The first-order valence-electron chi connectivity index (χ1n) is 4.64. The van der Waals surface area contributed by atoms with Crippen molar-refractivity contribution in [2.24, 2.45) is 0 Å². The van der Waals surface area contributed by atoms with E-state index in [2.05, 4.69) is 9.97 Å². The molecule has 0 fully saturated rings. The van der Waals surface area contributed by atoms with E-state index in [1.165, 1.54) is 6.33 Å². The minimum Gasteiger partial charge on any atom is -0.480 e. The minimum absolute atomic E-state index is 0.488. The van der Waals surface area contributed by atoms with E-state index < -0.39 is 11.5 Å². The summed E-state index contributed by atoms with van der Waals surface area (Å²) in [4.78, 5) is 20.6. The quantitative estimate of drug-likeness (QED) is 0.793. The molecule has 1 aromatic rings. The van der Waals surface area contributed by atoms with Crippen molar-refractivity contribution in [3.8, 4) is 0 Å². The van der Waals surface area contributed by atoms with Crippen LogP contribution in [0.2, 0.25) is 0 Å². The van der Waals surface area contributed by atoms with Crippen molar-refractivity contribution < 1.29 is 9.90 Å². The third-order valence-electron chi connectivity index (χ3n) is 2.52. The molecule has 0 bridgehead atoms. The van der Waals surface area contributed by atoms with Gasteiger partial charge in [0, 0.05) is 12.7 Å². The van der Waals surface area contributed by atoms with Gasteiger partial charge in [0.05, 0.1) is 5.69 Å². The molecular formula is C10H15N3O2. The summed E-state index contributed by atoms with van der Waals surface area (Å²) in [5.41, 5.74) is -0.0906. The number of hydrogen-bond acceptors (Lipinski definition) is 4. The van der Waals surface area contributed by atoms with Crippen LogP contribution in [0.25, 0.3) is 0 Å². The second-order valence-corrected chi connectivity index (χ2v) is 3.92. The first-order valence-corrected chi connectivity index (χ1v) is 4.64. The van der Waals surface area contributed by atoms with Gasteiger partial charge in [0.1, 0.15) is 11.9 Å². The maximum Gasteiger partial charge on any atom is 0.323 e. The van der Waals surface area contributed by atoms with E-state index in [-0.39, 0.29) is 0 Å². The van der Waals surface area contributed by atoms with Crippen molar-refractivity contribution in [3.63, 3.8) is 0 Å². The van der Waals surface area contributed by atoms with Crippen LogP contribution in [0.15, 0.2) is 18.6 Å². The molecule has 0 aliphatic heterocycles. The van der Waals surface area contributed by atoms with Gasteiger partial charge in [-0.15, -0.1) is 0 Å². The van der Waals surface area contributed by atoms with Crippen molar-refractivity contribution in [2.75, 3.05) is 7.05 Å². The summed E-state index contributed by atoms with van der Waals surface area (Å²) in [6.45, 7) is 3.81. The van der Waals surface area contributed by atoms with Gasteiger partial charge < -0.3 is 5.11 Å². The normalized spacial score (nSPS) is 11.7. The highest BCUT2D eigenvalue weighted by Crippen LogP contribution is 2.14. The Morgan fingerprint density at radius 2 is 2.27 bits per heavy atom. The maximum absolute atomic E-state index is 11.0. The Kier molecular flexibility index (Phi) is 3.36. The van der Waals surface area contributed by atoms with Crippen LogP contribution in [0, 0.1) is 0 Å². The summed E-state index contributed by atoms with van der Waals surface area (Å²) < 4.78 is 0. The van der Waals surface area contributed by atoms with Crippen LogP contribution in [-0.2, 0) is 11.3 Å². The van der Waals surface area contributed by atoms with Crippen molar-refractivity contribution in [3.05, 3.63) is 24.3 Å². The average molecular weight is 209 g/mol. The predicted octanol–water partition coefficient (Wildman–Crippen LogP) is 0.772. The molecule has 82 valence electrons. The lowest BCUT2D eigenvalue weighted by Crippen LogP contribution is -2.47. The molecule has 0 atom stereocenters. The fourth-order valence-corrected chi connectivity index (χ4v) is 1.02. The standard InChI is InChI=1S/C10H15N3O2/c1-10(2,9(14)15)13(3)6-8-4-5-11-7-12-8/h4-5,7H,6H2,1-3H3,(H,14,15). The van der Waals surface area contributed by atoms with Crippen LogP contribution < -0.4 is 0 Å². The summed E-state index contributed by atoms with van der Waals surface area (Å²) in [5, 5.41) is 9.02. The lowest BCUT2D eigenvalue weighted by Gasteiger charge is -2.30. The van der Waals surface area contributed by atoms with Crippen molar-refractivity contribution >= 4 is 5.97 Å². The maximum atomic E-state index is 11.0. The SMILES string of the molecule is CN(Cc1ccncn1)C(C)(C)C(=O)O.